The van der Waals surface area contributed by atoms with Crippen molar-refractivity contribution in [3.63, 3.8) is 0 Å². The molecule has 2 aromatic carbocycles. The Balaban J connectivity index is 1.77. The molecule has 1 aliphatic heterocycles. The minimum absolute atomic E-state index is 0.0551. The molecule has 4 rings (SSSR count). The van der Waals surface area contributed by atoms with Gasteiger partial charge in [-0.3, -0.25) is 9.52 Å². The number of rotatable bonds is 11. The number of benzene rings is 2. The Hall–Kier alpha value is -3.64. The second-order valence-electron chi connectivity index (χ2n) is 8.24. The largest absolute Gasteiger partial charge is 0.461 e. The molecule has 1 atom stereocenters. The molecule has 1 fully saturated rings. The molecular weight excluding hydrogens is 508 g/mol. The average molecular weight is 536 g/mol. The fraction of sp³-hybridized carbons (Fsp3) is 0.320. The van der Waals surface area contributed by atoms with E-state index in [0.717, 1.165) is 6.42 Å². The van der Waals surface area contributed by atoms with Crippen LogP contribution < -0.4 is 24.7 Å². The van der Waals surface area contributed by atoms with Gasteiger partial charge in [0.15, 0.2) is 17.8 Å². The number of hydrogen-bond donors (Lipinski definition) is 2. The summed E-state index contributed by atoms with van der Waals surface area (Å²) in [5.41, 5.74) is 1.50. The van der Waals surface area contributed by atoms with Crippen LogP contribution in [-0.2, 0) is 21.3 Å². The first-order valence-corrected chi connectivity index (χ1v) is 13.3. The zero-order valence-electron chi connectivity index (χ0n) is 20.0. The molecule has 2 N–H and O–H groups in total. The molecular formula is C25H27F2N3O6S. The second-order valence-corrected chi connectivity index (χ2v) is 10.2. The SMILES string of the molecule is CCS(=O)(=O)Nc1cccc(N(Cc2ccc[nH]c2=O)c2ccc(OC(F)F)c(O[C@@H]3CCCO3)c2)c1. The number of halogens is 2. The van der Waals surface area contributed by atoms with Crippen molar-refractivity contribution in [3.05, 3.63) is 76.7 Å². The lowest BCUT2D eigenvalue weighted by Crippen LogP contribution is -2.23. The predicted molar refractivity (Wildman–Crippen MR) is 135 cm³/mol. The Labute approximate surface area is 213 Å². The molecule has 12 heteroatoms. The van der Waals surface area contributed by atoms with E-state index in [-0.39, 0.29) is 29.4 Å². The van der Waals surface area contributed by atoms with Gasteiger partial charge in [-0.2, -0.15) is 8.78 Å². The molecule has 0 saturated carbocycles. The van der Waals surface area contributed by atoms with Crippen LogP contribution in [0.3, 0.4) is 0 Å². The van der Waals surface area contributed by atoms with E-state index in [4.69, 9.17) is 9.47 Å². The number of nitrogens with zero attached hydrogens (tertiary/aromatic N) is 1. The summed E-state index contributed by atoms with van der Waals surface area (Å²) in [6, 6.07) is 14.4. The number of anilines is 3. The fourth-order valence-electron chi connectivity index (χ4n) is 3.80. The number of pyridine rings is 1. The van der Waals surface area contributed by atoms with Crippen molar-refractivity contribution in [1.29, 1.82) is 0 Å². The van der Waals surface area contributed by atoms with Gasteiger partial charge < -0.3 is 24.1 Å². The molecule has 1 saturated heterocycles. The summed E-state index contributed by atoms with van der Waals surface area (Å²) in [4.78, 5) is 16.8. The van der Waals surface area contributed by atoms with Crippen molar-refractivity contribution in [2.45, 2.75) is 39.2 Å². The van der Waals surface area contributed by atoms with Crippen molar-refractivity contribution in [2.75, 3.05) is 22.0 Å². The molecule has 0 amide bonds. The highest BCUT2D eigenvalue weighted by atomic mass is 32.2. The van der Waals surface area contributed by atoms with Gasteiger partial charge in [0.25, 0.3) is 5.56 Å². The van der Waals surface area contributed by atoms with Gasteiger partial charge in [0.1, 0.15) is 0 Å². The Morgan fingerprint density at radius 3 is 2.65 bits per heavy atom. The van der Waals surface area contributed by atoms with Crippen LogP contribution in [-0.4, -0.2) is 38.7 Å². The van der Waals surface area contributed by atoms with Crippen molar-refractivity contribution in [2.24, 2.45) is 0 Å². The Kier molecular flexibility index (Phi) is 8.29. The number of aromatic nitrogens is 1. The maximum atomic E-state index is 13.1. The fourth-order valence-corrected chi connectivity index (χ4v) is 4.44. The first-order valence-electron chi connectivity index (χ1n) is 11.7. The zero-order chi connectivity index (χ0) is 26.4. The van der Waals surface area contributed by atoms with Crippen molar-refractivity contribution >= 4 is 27.1 Å². The van der Waals surface area contributed by atoms with Crippen molar-refractivity contribution in [3.8, 4) is 11.5 Å². The van der Waals surface area contributed by atoms with E-state index in [9.17, 15) is 22.0 Å². The Bertz CT molecular complexity index is 1380. The monoisotopic (exact) mass is 535 g/mol. The van der Waals surface area contributed by atoms with Gasteiger partial charge in [-0.1, -0.05) is 12.1 Å². The number of ether oxygens (including phenoxy) is 3. The summed E-state index contributed by atoms with van der Waals surface area (Å²) in [7, 11) is -3.53. The third-order valence-electron chi connectivity index (χ3n) is 5.64. The molecule has 2 heterocycles. The predicted octanol–water partition coefficient (Wildman–Crippen LogP) is 4.59. The molecule has 198 valence electrons. The summed E-state index contributed by atoms with van der Waals surface area (Å²) >= 11 is 0. The van der Waals surface area contributed by atoms with Crippen LogP contribution in [0.1, 0.15) is 25.3 Å². The maximum absolute atomic E-state index is 13.1. The standard InChI is InChI=1S/C25H27F2N3O6S/c1-2-37(32,33)29-18-7-3-8-19(14-18)30(16-17-6-4-12-28-24(17)31)20-10-11-21(36-25(26)27)22(15-20)35-23-9-5-13-34-23/h3-4,6-8,10-12,14-15,23,25,29H,2,5,9,13,16H2,1H3,(H,28,31)/t23-/m1/s1. The third kappa shape index (κ3) is 6.98. The van der Waals surface area contributed by atoms with E-state index >= 15 is 0 Å². The topological polar surface area (TPSA) is 110 Å². The van der Waals surface area contributed by atoms with E-state index in [1.165, 1.54) is 25.3 Å². The maximum Gasteiger partial charge on any atom is 0.387 e. The highest BCUT2D eigenvalue weighted by Gasteiger charge is 2.22. The lowest BCUT2D eigenvalue weighted by molar-refractivity contribution is -0.0632. The van der Waals surface area contributed by atoms with Crippen molar-refractivity contribution < 1.29 is 31.4 Å². The highest BCUT2D eigenvalue weighted by Crippen LogP contribution is 2.38. The Morgan fingerprint density at radius 2 is 1.95 bits per heavy atom. The summed E-state index contributed by atoms with van der Waals surface area (Å²) in [6.45, 7) is -0.938. The summed E-state index contributed by atoms with van der Waals surface area (Å²) < 4.78 is 68.9. The molecule has 0 unspecified atom stereocenters. The van der Waals surface area contributed by atoms with Gasteiger partial charge in [-0.25, -0.2) is 8.42 Å². The molecule has 3 aromatic rings. The molecule has 1 aromatic heterocycles. The van der Waals surface area contributed by atoms with E-state index in [0.29, 0.717) is 35.7 Å². The van der Waals surface area contributed by atoms with E-state index in [1.54, 1.807) is 47.4 Å². The number of nitrogens with one attached hydrogen (secondary N) is 2. The van der Waals surface area contributed by atoms with Gasteiger partial charge >= 0.3 is 6.61 Å². The van der Waals surface area contributed by atoms with Gasteiger partial charge in [0.05, 0.1) is 24.6 Å². The lowest BCUT2D eigenvalue weighted by Gasteiger charge is -2.27. The average Bonchev–Trinajstić information content (AvgIpc) is 3.37. The smallest absolute Gasteiger partial charge is 0.387 e. The number of H-pyrrole nitrogens is 1. The Morgan fingerprint density at radius 1 is 1.14 bits per heavy atom. The zero-order valence-corrected chi connectivity index (χ0v) is 20.8. The first kappa shape index (κ1) is 26.4. The number of alkyl halides is 2. The van der Waals surface area contributed by atoms with Crippen LogP contribution in [0.4, 0.5) is 25.8 Å². The molecule has 0 spiro atoms. The quantitative estimate of drug-likeness (QED) is 0.370. The van der Waals surface area contributed by atoms with Crippen LogP contribution in [0.2, 0.25) is 0 Å². The van der Waals surface area contributed by atoms with Crippen LogP contribution in [0.5, 0.6) is 11.5 Å². The molecule has 0 aliphatic carbocycles. The molecule has 0 radical (unpaired) electrons. The second kappa shape index (κ2) is 11.6. The lowest BCUT2D eigenvalue weighted by atomic mass is 10.1. The van der Waals surface area contributed by atoms with E-state index in [1.807, 2.05) is 0 Å². The van der Waals surface area contributed by atoms with Crippen LogP contribution in [0.25, 0.3) is 0 Å². The summed E-state index contributed by atoms with van der Waals surface area (Å²) in [5, 5.41) is 0. The van der Waals surface area contributed by atoms with Crippen molar-refractivity contribution in [1.82, 2.24) is 4.98 Å². The minimum Gasteiger partial charge on any atom is -0.461 e. The van der Waals surface area contributed by atoms with E-state index < -0.39 is 22.9 Å². The normalized spacial score (nSPS) is 15.5. The van der Waals surface area contributed by atoms with Gasteiger partial charge in [0, 0.05) is 35.6 Å². The highest BCUT2D eigenvalue weighted by molar-refractivity contribution is 7.92. The number of sulfonamides is 1. The van der Waals surface area contributed by atoms with Crippen LogP contribution in [0, 0.1) is 0 Å². The first-order chi connectivity index (χ1) is 17.7. The third-order valence-corrected chi connectivity index (χ3v) is 6.95. The van der Waals surface area contributed by atoms with E-state index in [2.05, 4.69) is 14.4 Å². The van der Waals surface area contributed by atoms with Gasteiger partial charge in [0.2, 0.25) is 10.0 Å². The molecule has 1 aliphatic rings. The number of hydrogen-bond acceptors (Lipinski definition) is 7. The summed E-state index contributed by atoms with van der Waals surface area (Å²) in [6.07, 6.45) is 2.28. The minimum atomic E-state index is -3.53. The van der Waals surface area contributed by atoms with Crippen LogP contribution >= 0.6 is 0 Å². The molecule has 9 nitrogen and oxygen atoms in total. The number of aromatic amines is 1. The van der Waals surface area contributed by atoms with Gasteiger partial charge in [-0.15, -0.1) is 0 Å². The molecule has 0 bridgehead atoms. The van der Waals surface area contributed by atoms with Gasteiger partial charge in [-0.05, 0) is 49.7 Å². The molecule has 37 heavy (non-hydrogen) atoms. The summed E-state index contributed by atoms with van der Waals surface area (Å²) in [5.74, 6) is -0.202. The van der Waals surface area contributed by atoms with Crippen LogP contribution in [0.15, 0.2) is 65.6 Å².